The second-order valence-corrected chi connectivity index (χ2v) is 5.37. The number of rotatable bonds is 2. The summed E-state index contributed by atoms with van der Waals surface area (Å²) in [5.41, 5.74) is -1.49. The number of carboxylic acids is 1. The molecule has 3 amide bonds. The van der Waals surface area contributed by atoms with Crippen LogP contribution >= 0.6 is 0 Å². The third kappa shape index (κ3) is 1.50. The van der Waals surface area contributed by atoms with Crippen LogP contribution in [0.5, 0.6) is 0 Å². The Morgan fingerprint density at radius 3 is 2.59 bits per heavy atom. The molecule has 1 heterocycles. The first-order valence-corrected chi connectivity index (χ1v) is 5.65. The number of carboxylic acid groups (broad SMARTS) is 1. The van der Waals surface area contributed by atoms with Crippen LogP contribution < -0.4 is 10.6 Å². The van der Waals surface area contributed by atoms with E-state index in [1.807, 2.05) is 13.8 Å². The van der Waals surface area contributed by atoms with E-state index in [2.05, 4.69) is 10.6 Å². The Balaban J connectivity index is 2.30. The van der Waals surface area contributed by atoms with Crippen LogP contribution in [-0.2, 0) is 9.59 Å². The molecule has 1 saturated carbocycles. The molecule has 6 nitrogen and oxygen atoms in total. The topological polar surface area (TPSA) is 95.5 Å². The Morgan fingerprint density at radius 2 is 2.12 bits per heavy atom. The molecule has 2 aliphatic rings. The summed E-state index contributed by atoms with van der Waals surface area (Å²) in [7, 11) is 0. The van der Waals surface area contributed by atoms with Crippen LogP contribution in [0.3, 0.4) is 0 Å². The van der Waals surface area contributed by atoms with E-state index in [-0.39, 0.29) is 18.2 Å². The minimum Gasteiger partial charge on any atom is -0.481 e. The molecule has 0 bridgehead atoms. The molecule has 1 spiro atoms. The summed E-state index contributed by atoms with van der Waals surface area (Å²) in [6, 6.07) is -0.487. The van der Waals surface area contributed by atoms with Crippen molar-refractivity contribution in [3.8, 4) is 0 Å². The van der Waals surface area contributed by atoms with E-state index in [1.54, 1.807) is 0 Å². The fraction of sp³-hybridized carbons (Fsp3) is 0.727. The van der Waals surface area contributed by atoms with Crippen LogP contribution in [-0.4, -0.2) is 28.6 Å². The van der Waals surface area contributed by atoms with Crippen LogP contribution in [0, 0.1) is 11.3 Å². The van der Waals surface area contributed by atoms with Gasteiger partial charge >= 0.3 is 12.0 Å². The zero-order valence-electron chi connectivity index (χ0n) is 9.87. The highest BCUT2D eigenvalue weighted by molar-refractivity contribution is 6.07. The highest BCUT2D eigenvalue weighted by Gasteiger charge is 2.62. The lowest BCUT2D eigenvalue weighted by molar-refractivity contribution is -0.140. The van der Waals surface area contributed by atoms with Gasteiger partial charge in [0.25, 0.3) is 5.91 Å². The third-order valence-electron chi connectivity index (χ3n) is 4.35. The fourth-order valence-corrected chi connectivity index (χ4v) is 3.11. The fourth-order valence-electron chi connectivity index (χ4n) is 3.11. The molecule has 1 aliphatic carbocycles. The molecular weight excluding hydrogens is 224 g/mol. The van der Waals surface area contributed by atoms with Crippen molar-refractivity contribution in [2.75, 3.05) is 0 Å². The smallest absolute Gasteiger partial charge is 0.322 e. The number of amides is 3. The summed E-state index contributed by atoms with van der Waals surface area (Å²) in [5.74, 6) is -1.31. The minimum atomic E-state index is -0.940. The van der Waals surface area contributed by atoms with Crippen molar-refractivity contribution in [1.29, 1.82) is 0 Å². The van der Waals surface area contributed by atoms with Crippen LogP contribution in [0.2, 0.25) is 0 Å². The molecule has 2 fully saturated rings. The number of urea groups is 1. The molecule has 94 valence electrons. The Hall–Kier alpha value is -1.59. The first kappa shape index (κ1) is 11.9. The van der Waals surface area contributed by atoms with Gasteiger partial charge in [0.1, 0.15) is 5.54 Å². The molecule has 2 rings (SSSR count). The average molecular weight is 240 g/mol. The van der Waals surface area contributed by atoms with Gasteiger partial charge in [-0.1, -0.05) is 13.8 Å². The molecule has 0 aromatic heterocycles. The van der Waals surface area contributed by atoms with E-state index >= 15 is 0 Å². The van der Waals surface area contributed by atoms with Gasteiger partial charge in [-0.3, -0.25) is 14.9 Å². The first-order valence-electron chi connectivity index (χ1n) is 5.65. The van der Waals surface area contributed by atoms with E-state index in [0.29, 0.717) is 12.8 Å². The number of carbonyl (C=O) groups is 3. The molecule has 17 heavy (non-hydrogen) atoms. The van der Waals surface area contributed by atoms with Crippen LogP contribution in [0.15, 0.2) is 0 Å². The van der Waals surface area contributed by atoms with E-state index in [4.69, 9.17) is 5.11 Å². The largest absolute Gasteiger partial charge is 0.481 e. The Morgan fingerprint density at radius 1 is 1.47 bits per heavy atom. The molecule has 0 unspecified atom stereocenters. The van der Waals surface area contributed by atoms with Crippen molar-refractivity contribution in [3.63, 3.8) is 0 Å². The standard InChI is InChI=1S/C11H16N2O4/c1-10(2)6(5-7(14)15)3-4-11(10)8(16)12-9(17)13-11/h6H,3-5H2,1-2H3,(H,14,15)(H2,12,13,16,17)/t6-,11-/m0/s1. The molecule has 1 saturated heterocycles. The Kier molecular flexibility index (Phi) is 2.41. The summed E-state index contributed by atoms with van der Waals surface area (Å²) in [6.07, 6.45) is 1.15. The van der Waals surface area contributed by atoms with Gasteiger partial charge in [-0.15, -0.1) is 0 Å². The van der Waals surface area contributed by atoms with Crippen molar-refractivity contribution in [1.82, 2.24) is 10.6 Å². The molecule has 6 heteroatoms. The minimum absolute atomic E-state index is 0.0257. The number of aliphatic carboxylic acids is 1. The van der Waals surface area contributed by atoms with Gasteiger partial charge < -0.3 is 10.4 Å². The lowest BCUT2D eigenvalue weighted by atomic mass is 9.69. The maximum atomic E-state index is 11.9. The summed E-state index contributed by atoms with van der Waals surface area (Å²) in [5, 5.41) is 13.8. The third-order valence-corrected chi connectivity index (χ3v) is 4.35. The highest BCUT2D eigenvalue weighted by atomic mass is 16.4. The molecule has 2 atom stereocenters. The number of carbonyl (C=O) groups excluding carboxylic acids is 2. The van der Waals surface area contributed by atoms with Crippen LogP contribution in [0.25, 0.3) is 0 Å². The average Bonchev–Trinajstić information content (AvgIpc) is 2.59. The van der Waals surface area contributed by atoms with Crippen molar-refractivity contribution in [2.45, 2.75) is 38.6 Å². The van der Waals surface area contributed by atoms with Crippen LogP contribution in [0.1, 0.15) is 33.1 Å². The zero-order valence-corrected chi connectivity index (χ0v) is 9.87. The SMILES string of the molecule is CC1(C)[C@H](CC(=O)O)CC[C@@]12NC(=O)NC2=O. The highest BCUT2D eigenvalue weighted by Crippen LogP contribution is 2.52. The lowest BCUT2D eigenvalue weighted by Crippen LogP contribution is -2.56. The second kappa shape index (κ2) is 3.45. The van der Waals surface area contributed by atoms with Gasteiger partial charge in [0.15, 0.2) is 0 Å². The van der Waals surface area contributed by atoms with E-state index in [9.17, 15) is 14.4 Å². The van der Waals surface area contributed by atoms with Gasteiger partial charge in [0.05, 0.1) is 0 Å². The summed E-state index contributed by atoms with van der Waals surface area (Å²) in [6.45, 7) is 3.69. The molecule has 0 aromatic rings. The predicted octanol–water partition coefficient (Wildman–Crippen LogP) is 0.476. The number of imide groups is 1. The van der Waals surface area contributed by atoms with E-state index in [0.717, 1.165) is 0 Å². The van der Waals surface area contributed by atoms with Gasteiger partial charge in [-0.2, -0.15) is 0 Å². The zero-order chi connectivity index (χ0) is 12.8. The van der Waals surface area contributed by atoms with Crippen molar-refractivity contribution >= 4 is 17.9 Å². The molecular formula is C11H16N2O4. The summed E-state index contributed by atoms with van der Waals surface area (Å²) >= 11 is 0. The van der Waals surface area contributed by atoms with E-state index < -0.39 is 23.0 Å². The van der Waals surface area contributed by atoms with Gasteiger partial charge in [0, 0.05) is 11.8 Å². The van der Waals surface area contributed by atoms with Crippen LogP contribution in [0.4, 0.5) is 4.79 Å². The second-order valence-electron chi connectivity index (χ2n) is 5.37. The summed E-state index contributed by atoms with van der Waals surface area (Å²) in [4.78, 5) is 34.0. The van der Waals surface area contributed by atoms with Crippen molar-refractivity contribution in [3.05, 3.63) is 0 Å². The number of hydrogen-bond acceptors (Lipinski definition) is 3. The maximum Gasteiger partial charge on any atom is 0.322 e. The maximum absolute atomic E-state index is 11.9. The molecule has 0 aromatic carbocycles. The lowest BCUT2D eigenvalue weighted by Gasteiger charge is -2.38. The van der Waals surface area contributed by atoms with Gasteiger partial charge in [-0.05, 0) is 18.8 Å². The quantitative estimate of drug-likeness (QED) is 0.611. The van der Waals surface area contributed by atoms with Crippen molar-refractivity contribution in [2.24, 2.45) is 11.3 Å². The Labute approximate surface area is 98.8 Å². The number of nitrogens with one attached hydrogen (secondary N) is 2. The Bertz CT molecular complexity index is 404. The van der Waals surface area contributed by atoms with E-state index in [1.165, 1.54) is 0 Å². The molecule has 1 aliphatic heterocycles. The monoisotopic (exact) mass is 240 g/mol. The normalized spacial score (nSPS) is 34.8. The predicted molar refractivity (Wildman–Crippen MR) is 58.2 cm³/mol. The van der Waals surface area contributed by atoms with Gasteiger partial charge in [-0.25, -0.2) is 4.79 Å². The molecule has 3 N–H and O–H groups in total. The first-order chi connectivity index (χ1) is 7.79. The number of hydrogen-bond donors (Lipinski definition) is 3. The molecule has 0 radical (unpaired) electrons. The van der Waals surface area contributed by atoms with Crippen molar-refractivity contribution < 1.29 is 19.5 Å². The van der Waals surface area contributed by atoms with Gasteiger partial charge in [0.2, 0.25) is 0 Å². The summed E-state index contributed by atoms with van der Waals surface area (Å²) < 4.78 is 0.